The molecule has 0 spiro atoms. The molecule has 0 aliphatic rings. The normalized spacial score (nSPS) is 11.5. The third-order valence-corrected chi connectivity index (χ3v) is 2.75. The molecular weight excluding hydrogens is 274 g/mol. The van der Waals surface area contributed by atoms with E-state index >= 15 is 0 Å². The molecule has 2 amide bonds. The van der Waals surface area contributed by atoms with Crippen LogP contribution in [0.1, 0.15) is 30.1 Å². The van der Waals surface area contributed by atoms with Crippen molar-refractivity contribution < 1.29 is 19.5 Å². The zero-order chi connectivity index (χ0) is 15.8. The molecule has 5 N–H and O–H groups in total. The summed E-state index contributed by atoms with van der Waals surface area (Å²) in [5.74, 6) is -1.88. The van der Waals surface area contributed by atoms with Gasteiger partial charge in [0.2, 0.25) is 5.91 Å². The van der Waals surface area contributed by atoms with Crippen LogP contribution in [0.2, 0.25) is 0 Å². The number of nitrogens with one attached hydrogen (secondary N) is 2. The minimum atomic E-state index is -1.11. The van der Waals surface area contributed by atoms with Crippen molar-refractivity contribution in [3.05, 3.63) is 29.8 Å². The fraction of sp³-hybridized carbons (Fsp3) is 0.357. The summed E-state index contributed by atoms with van der Waals surface area (Å²) in [5, 5.41) is 13.4. The Morgan fingerprint density at radius 3 is 2.38 bits per heavy atom. The third-order valence-electron chi connectivity index (χ3n) is 2.75. The van der Waals surface area contributed by atoms with Crippen molar-refractivity contribution in [3.63, 3.8) is 0 Å². The number of nitrogens with two attached hydrogens (primary N) is 1. The van der Waals surface area contributed by atoms with Crippen LogP contribution in [-0.2, 0) is 9.59 Å². The molecule has 0 fully saturated rings. The molecular formula is C14H19N3O4. The zero-order valence-corrected chi connectivity index (χ0v) is 11.8. The van der Waals surface area contributed by atoms with Gasteiger partial charge in [-0.15, -0.1) is 0 Å². The molecule has 7 heteroatoms. The number of carbonyl (C=O) groups is 3. The van der Waals surface area contributed by atoms with Gasteiger partial charge in [-0.2, -0.15) is 0 Å². The van der Waals surface area contributed by atoms with Crippen LogP contribution in [0.5, 0.6) is 0 Å². The number of aliphatic carboxylic acids is 1. The number of hydrogen-bond acceptors (Lipinski definition) is 4. The topological polar surface area (TPSA) is 122 Å². The van der Waals surface area contributed by atoms with E-state index in [2.05, 4.69) is 10.6 Å². The molecule has 0 unspecified atom stereocenters. The van der Waals surface area contributed by atoms with Gasteiger partial charge in [0.15, 0.2) is 0 Å². The highest BCUT2D eigenvalue weighted by atomic mass is 16.4. The minimum absolute atomic E-state index is 0.278. The highest BCUT2D eigenvalue weighted by molar-refractivity contribution is 5.97. The highest BCUT2D eigenvalue weighted by Crippen LogP contribution is 2.10. The van der Waals surface area contributed by atoms with E-state index in [1.807, 2.05) is 6.92 Å². The lowest BCUT2D eigenvalue weighted by Crippen LogP contribution is -2.35. The molecule has 1 aromatic carbocycles. The molecule has 0 aromatic heterocycles. The Bertz CT molecular complexity index is 513. The molecule has 0 aliphatic heterocycles. The Balaban J connectivity index is 2.59. The number of anilines is 1. The lowest BCUT2D eigenvalue weighted by molar-refractivity contribution is -0.135. The third kappa shape index (κ3) is 5.62. The molecule has 0 saturated carbocycles. The molecule has 0 saturated heterocycles. The lowest BCUT2D eigenvalue weighted by Gasteiger charge is -2.11. The van der Waals surface area contributed by atoms with Crippen LogP contribution in [0.15, 0.2) is 24.3 Å². The Hall–Kier alpha value is -2.41. The number of carboxylic acids is 1. The second-order valence-electron chi connectivity index (χ2n) is 4.54. The maximum absolute atomic E-state index is 11.7. The van der Waals surface area contributed by atoms with Crippen LogP contribution in [0.25, 0.3) is 0 Å². The smallest absolute Gasteiger partial charge is 0.322 e. The van der Waals surface area contributed by atoms with Crippen molar-refractivity contribution >= 4 is 23.5 Å². The zero-order valence-electron chi connectivity index (χ0n) is 11.8. The van der Waals surface area contributed by atoms with Crippen molar-refractivity contribution in [2.24, 2.45) is 5.73 Å². The van der Waals surface area contributed by atoms with E-state index in [0.717, 1.165) is 6.42 Å². The molecule has 1 atom stereocenters. The van der Waals surface area contributed by atoms with Crippen molar-refractivity contribution in [1.29, 1.82) is 0 Å². The van der Waals surface area contributed by atoms with Crippen molar-refractivity contribution in [2.45, 2.75) is 25.8 Å². The molecule has 1 rings (SSSR count). The first kappa shape index (κ1) is 16.6. The number of benzene rings is 1. The molecule has 0 aliphatic carbocycles. The molecule has 7 nitrogen and oxygen atoms in total. The quantitative estimate of drug-likeness (QED) is 0.585. The molecule has 0 radical (unpaired) electrons. The van der Waals surface area contributed by atoms with E-state index in [1.165, 1.54) is 12.1 Å². The monoisotopic (exact) mass is 293 g/mol. The second-order valence-corrected chi connectivity index (χ2v) is 4.54. The van der Waals surface area contributed by atoms with E-state index in [1.54, 1.807) is 12.1 Å². The predicted octanol–water partition coefficient (Wildman–Crippen LogP) is 0.567. The first-order valence-corrected chi connectivity index (χ1v) is 6.60. The lowest BCUT2D eigenvalue weighted by atomic mass is 10.1. The maximum atomic E-state index is 11.7. The van der Waals surface area contributed by atoms with Gasteiger partial charge in [-0.3, -0.25) is 14.4 Å². The van der Waals surface area contributed by atoms with Crippen LogP contribution in [-0.4, -0.2) is 35.5 Å². The summed E-state index contributed by atoms with van der Waals surface area (Å²) in [4.78, 5) is 33.7. The average molecular weight is 293 g/mol. The van der Waals surface area contributed by atoms with Crippen LogP contribution < -0.4 is 16.4 Å². The number of hydrogen-bond donors (Lipinski definition) is 4. The molecule has 0 heterocycles. The fourth-order valence-corrected chi connectivity index (χ4v) is 1.64. The summed E-state index contributed by atoms with van der Waals surface area (Å²) in [6.45, 7) is 1.50. The molecule has 0 bridgehead atoms. The van der Waals surface area contributed by atoms with Gasteiger partial charge in [0.1, 0.15) is 6.54 Å². The van der Waals surface area contributed by atoms with Gasteiger partial charge in [0, 0.05) is 11.3 Å². The van der Waals surface area contributed by atoms with Gasteiger partial charge < -0.3 is 21.5 Å². The fourth-order valence-electron chi connectivity index (χ4n) is 1.64. The van der Waals surface area contributed by atoms with E-state index in [4.69, 9.17) is 10.8 Å². The average Bonchev–Trinajstić information content (AvgIpc) is 2.45. The second kappa shape index (κ2) is 8.01. The number of carboxylic acid groups (broad SMARTS) is 1. The highest BCUT2D eigenvalue weighted by Gasteiger charge is 2.12. The Morgan fingerprint density at radius 2 is 1.86 bits per heavy atom. The summed E-state index contributed by atoms with van der Waals surface area (Å²) < 4.78 is 0. The predicted molar refractivity (Wildman–Crippen MR) is 77.9 cm³/mol. The number of carbonyl (C=O) groups excluding carboxylic acids is 2. The Morgan fingerprint density at radius 1 is 1.24 bits per heavy atom. The van der Waals surface area contributed by atoms with Crippen LogP contribution in [0, 0.1) is 0 Å². The Labute approximate surface area is 122 Å². The van der Waals surface area contributed by atoms with Crippen molar-refractivity contribution in [2.75, 3.05) is 11.9 Å². The van der Waals surface area contributed by atoms with E-state index < -0.39 is 24.5 Å². The van der Waals surface area contributed by atoms with E-state index in [9.17, 15) is 14.4 Å². The van der Waals surface area contributed by atoms with Gasteiger partial charge in [-0.25, -0.2) is 0 Å². The maximum Gasteiger partial charge on any atom is 0.322 e. The van der Waals surface area contributed by atoms with Gasteiger partial charge >= 0.3 is 5.97 Å². The van der Waals surface area contributed by atoms with E-state index in [0.29, 0.717) is 17.7 Å². The van der Waals surface area contributed by atoms with Gasteiger partial charge in [-0.1, -0.05) is 13.3 Å². The van der Waals surface area contributed by atoms with Crippen molar-refractivity contribution in [3.8, 4) is 0 Å². The number of amides is 2. The standard InChI is InChI=1S/C14H19N3O4/c1-2-3-11(15)14(21)17-10-6-4-9(5-7-10)13(20)16-8-12(18)19/h4-7,11H,2-3,8,15H2,1H3,(H,16,20)(H,17,21)(H,18,19)/t11-/m1/s1. The SMILES string of the molecule is CCC[C@@H](N)C(=O)Nc1ccc(C(=O)NCC(=O)O)cc1. The van der Waals surface area contributed by atoms with Crippen molar-refractivity contribution in [1.82, 2.24) is 5.32 Å². The minimum Gasteiger partial charge on any atom is -0.480 e. The summed E-state index contributed by atoms with van der Waals surface area (Å²) in [5.41, 5.74) is 6.53. The first-order valence-electron chi connectivity index (χ1n) is 6.60. The van der Waals surface area contributed by atoms with E-state index in [-0.39, 0.29) is 5.91 Å². The largest absolute Gasteiger partial charge is 0.480 e. The molecule has 21 heavy (non-hydrogen) atoms. The summed E-state index contributed by atoms with van der Waals surface area (Å²) in [7, 11) is 0. The first-order chi connectivity index (χ1) is 9.93. The van der Waals surface area contributed by atoms with Crippen LogP contribution in [0.3, 0.4) is 0 Å². The molecule has 114 valence electrons. The van der Waals surface area contributed by atoms with Gasteiger partial charge in [-0.05, 0) is 30.7 Å². The van der Waals surface area contributed by atoms with Crippen LogP contribution >= 0.6 is 0 Å². The summed E-state index contributed by atoms with van der Waals surface area (Å²) >= 11 is 0. The van der Waals surface area contributed by atoms with Gasteiger partial charge in [0.25, 0.3) is 5.91 Å². The summed E-state index contributed by atoms with van der Waals surface area (Å²) in [6, 6.07) is 5.56. The Kier molecular flexibility index (Phi) is 6.35. The molecule has 1 aromatic rings. The van der Waals surface area contributed by atoms with Gasteiger partial charge in [0.05, 0.1) is 6.04 Å². The van der Waals surface area contributed by atoms with Crippen LogP contribution in [0.4, 0.5) is 5.69 Å². The number of rotatable bonds is 7. The summed E-state index contributed by atoms with van der Waals surface area (Å²) in [6.07, 6.45) is 1.42.